The smallest absolute Gasteiger partial charge is 0.162 e. The predicted molar refractivity (Wildman–Crippen MR) is 90.2 cm³/mol. The normalized spacial score (nSPS) is 13.8. The first kappa shape index (κ1) is 14.6. The van der Waals surface area contributed by atoms with Crippen LogP contribution in [0.3, 0.4) is 0 Å². The second-order valence-electron chi connectivity index (χ2n) is 4.76. The lowest BCUT2D eigenvalue weighted by atomic mass is 10.2. The Balaban J connectivity index is 1.75. The van der Waals surface area contributed by atoms with Crippen LogP contribution in [-0.4, -0.2) is 13.2 Å². The van der Waals surface area contributed by atoms with Gasteiger partial charge in [-0.2, -0.15) is 0 Å². The minimum atomic E-state index is 0.707. The first-order chi connectivity index (χ1) is 10.2. The van der Waals surface area contributed by atoms with Gasteiger partial charge in [-0.3, -0.25) is 0 Å². The number of rotatable bonds is 3. The molecular formula is C16H16BrNO2S. The molecule has 3 rings (SSSR count). The van der Waals surface area contributed by atoms with Gasteiger partial charge in [0, 0.05) is 27.2 Å². The highest BCUT2D eigenvalue weighted by Crippen LogP contribution is 2.36. The van der Waals surface area contributed by atoms with Gasteiger partial charge in [0.25, 0.3) is 0 Å². The molecule has 21 heavy (non-hydrogen) atoms. The van der Waals surface area contributed by atoms with Crippen molar-refractivity contribution >= 4 is 33.4 Å². The molecule has 2 N–H and O–H groups in total. The van der Waals surface area contributed by atoms with Gasteiger partial charge >= 0.3 is 0 Å². The molecule has 0 spiro atoms. The highest BCUT2D eigenvalue weighted by molar-refractivity contribution is 9.10. The lowest BCUT2D eigenvalue weighted by molar-refractivity contribution is 0.297. The Morgan fingerprint density at radius 1 is 1.10 bits per heavy atom. The van der Waals surface area contributed by atoms with Crippen molar-refractivity contribution in [2.75, 3.05) is 18.9 Å². The van der Waals surface area contributed by atoms with E-state index in [4.69, 9.17) is 15.2 Å². The fourth-order valence-corrected chi connectivity index (χ4v) is 3.81. The van der Waals surface area contributed by atoms with E-state index in [1.807, 2.05) is 30.3 Å². The number of hydrogen-bond acceptors (Lipinski definition) is 4. The number of ether oxygens (including phenoxy) is 2. The SMILES string of the molecule is Nc1cccc(Br)c1CSc1ccc2c(c1)OCCCO2. The Morgan fingerprint density at radius 3 is 2.71 bits per heavy atom. The van der Waals surface area contributed by atoms with Crippen LogP contribution in [0.2, 0.25) is 0 Å². The molecule has 0 saturated carbocycles. The molecule has 0 aliphatic carbocycles. The lowest BCUT2D eigenvalue weighted by Crippen LogP contribution is -1.97. The van der Waals surface area contributed by atoms with Crippen LogP contribution in [-0.2, 0) is 5.75 Å². The average molecular weight is 366 g/mol. The van der Waals surface area contributed by atoms with Crippen LogP contribution in [0, 0.1) is 0 Å². The zero-order chi connectivity index (χ0) is 14.7. The van der Waals surface area contributed by atoms with Gasteiger partial charge < -0.3 is 15.2 Å². The van der Waals surface area contributed by atoms with Crippen molar-refractivity contribution in [1.82, 2.24) is 0 Å². The van der Waals surface area contributed by atoms with E-state index in [0.29, 0.717) is 13.2 Å². The number of nitrogens with two attached hydrogens (primary N) is 1. The number of benzene rings is 2. The van der Waals surface area contributed by atoms with Crippen molar-refractivity contribution in [3.63, 3.8) is 0 Å². The monoisotopic (exact) mass is 365 g/mol. The van der Waals surface area contributed by atoms with Crippen molar-refractivity contribution in [2.24, 2.45) is 0 Å². The van der Waals surface area contributed by atoms with Gasteiger partial charge in [-0.05, 0) is 35.9 Å². The van der Waals surface area contributed by atoms with Crippen molar-refractivity contribution in [3.05, 3.63) is 46.4 Å². The first-order valence-corrected chi connectivity index (χ1v) is 8.57. The van der Waals surface area contributed by atoms with Crippen molar-refractivity contribution in [1.29, 1.82) is 0 Å². The van der Waals surface area contributed by atoms with E-state index in [-0.39, 0.29) is 0 Å². The quantitative estimate of drug-likeness (QED) is 0.642. The number of fused-ring (bicyclic) bond motifs is 1. The molecule has 5 heteroatoms. The van der Waals surface area contributed by atoms with Crippen LogP contribution in [0.25, 0.3) is 0 Å². The second kappa shape index (κ2) is 6.62. The van der Waals surface area contributed by atoms with E-state index in [0.717, 1.165) is 44.3 Å². The number of anilines is 1. The summed E-state index contributed by atoms with van der Waals surface area (Å²) in [5, 5.41) is 0. The number of halogens is 1. The Bertz CT molecular complexity index is 628. The third kappa shape index (κ3) is 3.47. The Morgan fingerprint density at radius 2 is 1.90 bits per heavy atom. The van der Waals surface area contributed by atoms with Gasteiger partial charge in [-0.25, -0.2) is 0 Å². The fourth-order valence-electron chi connectivity index (χ4n) is 2.12. The molecule has 0 bridgehead atoms. The predicted octanol–water partition coefficient (Wildman–Crippen LogP) is 4.48. The molecule has 0 fully saturated rings. The van der Waals surface area contributed by atoms with E-state index in [1.165, 1.54) is 0 Å². The largest absolute Gasteiger partial charge is 0.490 e. The molecule has 1 aliphatic rings. The van der Waals surface area contributed by atoms with Crippen molar-refractivity contribution in [2.45, 2.75) is 17.1 Å². The lowest BCUT2D eigenvalue weighted by Gasteiger charge is -2.11. The van der Waals surface area contributed by atoms with E-state index >= 15 is 0 Å². The zero-order valence-electron chi connectivity index (χ0n) is 11.5. The third-order valence-electron chi connectivity index (χ3n) is 3.26. The van der Waals surface area contributed by atoms with Crippen LogP contribution in [0.5, 0.6) is 11.5 Å². The summed E-state index contributed by atoms with van der Waals surface area (Å²) < 4.78 is 12.4. The summed E-state index contributed by atoms with van der Waals surface area (Å²) in [6, 6.07) is 12.0. The highest BCUT2D eigenvalue weighted by Gasteiger charge is 2.11. The van der Waals surface area contributed by atoms with Crippen LogP contribution in [0.1, 0.15) is 12.0 Å². The average Bonchev–Trinajstić information content (AvgIpc) is 2.71. The Hall–Kier alpha value is -1.33. The van der Waals surface area contributed by atoms with E-state index in [2.05, 4.69) is 22.0 Å². The summed E-state index contributed by atoms with van der Waals surface area (Å²) in [7, 11) is 0. The second-order valence-corrected chi connectivity index (χ2v) is 6.66. The maximum absolute atomic E-state index is 6.03. The summed E-state index contributed by atoms with van der Waals surface area (Å²) >= 11 is 5.29. The van der Waals surface area contributed by atoms with Gasteiger partial charge in [-0.1, -0.05) is 22.0 Å². The molecule has 0 atom stereocenters. The van der Waals surface area contributed by atoms with Gasteiger partial charge in [0.1, 0.15) is 0 Å². The molecule has 0 aromatic heterocycles. The first-order valence-electron chi connectivity index (χ1n) is 6.79. The summed E-state index contributed by atoms with van der Waals surface area (Å²) in [6.45, 7) is 1.42. The summed E-state index contributed by atoms with van der Waals surface area (Å²) in [6.07, 6.45) is 0.921. The van der Waals surface area contributed by atoms with Crippen LogP contribution >= 0.6 is 27.7 Å². The summed E-state index contributed by atoms with van der Waals surface area (Å²) in [5.74, 6) is 2.47. The fraction of sp³-hybridized carbons (Fsp3) is 0.250. The standard InChI is InChI=1S/C16H16BrNO2S/c17-13-3-1-4-14(18)12(13)10-21-11-5-6-15-16(9-11)20-8-2-7-19-15/h1,3-6,9H,2,7-8,10,18H2. The molecule has 1 heterocycles. The Kier molecular flexibility index (Phi) is 4.60. The minimum Gasteiger partial charge on any atom is -0.490 e. The highest BCUT2D eigenvalue weighted by atomic mass is 79.9. The van der Waals surface area contributed by atoms with Gasteiger partial charge in [0.2, 0.25) is 0 Å². The van der Waals surface area contributed by atoms with Gasteiger partial charge in [0.05, 0.1) is 13.2 Å². The van der Waals surface area contributed by atoms with Gasteiger partial charge in [0.15, 0.2) is 11.5 Å². The molecule has 0 amide bonds. The number of hydrogen-bond donors (Lipinski definition) is 1. The van der Waals surface area contributed by atoms with E-state index < -0.39 is 0 Å². The van der Waals surface area contributed by atoms with Crippen molar-refractivity contribution < 1.29 is 9.47 Å². The molecule has 0 radical (unpaired) electrons. The Labute approximate surface area is 137 Å². The van der Waals surface area contributed by atoms with Crippen LogP contribution in [0.4, 0.5) is 5.69 Å². The molecule has 0 saturated heterocycles. The third-order valence-corrected chi connectivity index (χ3v) is 5.02. The van der Waals surface area contributed by atoms with Crippen LogP contribution < -0.4 is 15.2 Å². The summed E-state index contributed by atoms with van der Waals surface area (Å²) in [5.41, 5.74) is 7.96. The maximum atomic E-state index is 6.03. The van der Waals surface area contributed by atoms with Crippen LogP contribution in [0.15, 0.2) is 45.8 Å². The zero-order valence-corrected chi connectivity index (χ0v) is 13.9. The number of nitrogen functional groups attached to an aromatic ring is 1. The number of thioether (sulfide) groups is 1. The summed E-state index contributed by atoms with van der Waals surface area (Å²) in [4.78, 5) is 1.15. The molecular weight excluding hydrogens is 350 g/mol. The molecule has 2 aromatic rings. The molecule has 1 aliphatic heterocycles. The molecule has 2 aromatic carbocycles. The van der Waals surface area contributed by atoms with Crippen molar-refractivity contribution in [3.8, 4) is 11.5 Å². The molecule has 110 valence electrons. The molecule has 3 nitrogen and oxygen atoms in total. The maximum Gasteiger partial charge on any atom is 0.162 e. The van der Waals surface area contributed by atoms with Gasteiger partial charge in [-0.15, -0.1) is 11.8 Å². The minimum absolute atomic E-state index is 0.707. The topological polar surface area (TPSA) is 44.5 Å². The molecule has 0 unspecified atom stereocenters. The van der Waals surface area contributed by atoms with E-state index in [9.17, 15) is 0 Å². The van der Waals surface area contributed by atoms with E-state index in [1.54, 1.807) is 11.8 Å².